The van der Waals surface area contributed by atoms with Crippen LogP contribution in [0.25, 0.3) is 5.69 Å². The number of carboxylic acids is 1. The van der Waals surface area contributed by atoms with Crippen LogP contribution in [-0.2, 0) is 12.6 Å². The summed E-state index contributed by atoms with van der Waals surface area (Å²) >= 11 is 11.9. The third-order valence-electron chi connectivity index (χ3n) is 3.15. The summed E-state index contributed by atoms with van der Waals surface area (Å²) in [5, 5.41) is 12.8. The Labute approximate surface area is 145 Å². The monoisotopic (exact) mass is 380 g/mol. The molecule has 24 heavy (non-hydrogen) atoms. The summed E-state index contributed by atoms with van der Waals surface area (Å²) < 4.78 is 39.4. The Kier molecular flexibility index (Phi) is 5.15. The number of halogens is 5. The molecule has 2 rings (SSSR count). The van der Waals surface area contributed by atoms with E-state index in [4.69, 9.17) is 23.2 Å². The molecule has 1 heterocycles. The summed E-state index contributed by atoms with van der Waals surface area (Å²) in [6.45, 7) is 3.86. The second-order valence-electron chi connectivity index (χ2n) is 5.62. The van der Waals surface area contributed by atoms with Gasteiger partial charge in [0.25, 0.3) is 0 Å². The van der Waals surface area contributed by atoms with Crippen molar-refractivity contribution in [3.8, 4) is 5.69 Å². The highest BCUT2D eigenvalue weighted by molar-refractivity contribution is 6.38. The number of nitrogens with zero attached hydrogens (tertiary/aromatic N) is 2. The van der Waals surface area contributed by atoms with Crippen molar-refractivity contribution in [2.24, 2.45) is 5.92 Å². The second-order valence-corrected chi connectivity index (χ2v) is 6.44. The maximum atomic E-state index is 12.8. The number of carbonyl (C=O) groups is 1. The summed E-state index contributed by atoms with van der Waals surface area (Å²) in [5.74, 6) is -1.07. The summed E-state index contributed by atoms with van der Waals surface area (Å²) in [6, 6.07) is 2.74. The van der Waals surface area contributed by atoms with Gasteiger partial charge in [-0.05, 0) is 30.5 Å². The number of benzene rings is 1. The largest absolute Gasteiger partial charge is 0.477 e. The fourth-order valence-electron chi connectivity index (χ4n) is 2.20. The van der Waals surface area contributed by atoms with Crippen molar-refractivity contribution in [2.75, 3.05) is 0 Å². The minimum Gasteiger partial charge on any atom is -0.477 e. The number of hydrogen-bond donors (Lipinski definition) is 1. The van der Waals surface area contributed by atoms with E-state index in [1.807, 2.05) is 13.8 Å². The zero-order valence-corrected chi connectivity index (χ0v) is 14.2. The maximum Gasteiger partial charge on any atom is 0.416 e. The van der Waals surface area contributed by atoms with Crippen LogP contribution >= 0.6 is 23.2 Å². The molecule has 0 aliphatic carbocycles. The van der Waals surface area contributed by atoms with Crippen LogP contribution in [0, 0.1) is 5.92 Å². The summed E-state index contributed by atoms with van der Waals surface area (Å²) in [5.41, 5.74) is -0.866. The third-order valence-corrected chi connectivity index (χ3v) is 3.73. The van der Waals surface area contributed by atoms with Gasteiger partial charge in [-0.2, -0.15) is 18.3 Å². The molecule has 0 atom stereocenters. The highest BCUT2D eigenvalue weighted by atomic mass is 35.5. The first kappa shape index (κ1) is 18.6. The van der Waals surface area contributed by atoms with Gasteiger partial charge in [0.2, 0.25) is 0 Å². The number of alkyl halides is 3. The minimum atomic E-state index is -4.62. The van der Waals surface area contributed by atoms with Gasteiger partial charge >= 0.3 is 12.1 Å². The molecule has 1 aromatic carbocycles. The Hall–Kier alpha value is -1.73. The first-order valence-corrected chi connectivity index (χ1v) is 7.65. The molecule has 0 fully saturated rings. The van der Waals surface area contributed by atoms with Crippen LogP contribution in [0.1, 0.15) is 35.6 Å². The van der Waals surface area contributed by atoms with Crippen LogP contribution in [0.4, 0.5) is 13.2 Å². The van der Waals surface area contributed by atoms with E-state index < -0.39 is 17.7 Å². The van der Waals surface area contributed by atoms with Crippen LogP contribution in [0.15, 0.2) is 18.2 Å². The summed E-state index contributed by atoms with van der Waals surface area (Å²) in [7, 11) is 0. The number of rotatable bonds is 4. The number of aromatic carboxylic acids is 1. The normalized spacial score (nSPS) is 12.0. The molecule has 130 valence electrons. The van der Waals surface area contributed by atoms with E-state index in [0.717, 1.165) is 4.68 Å². The van der Waals surface area contributed by atoms with E-state index >= 15 is 0 Å². The molecule has 9 heteroatoms. The van der Waals surface area contributed by atoms with Gasteiger partial charge in [-0.15, -0.1) is 0 Å². The maximum absolute atomic E-state index is 12.8. The van der Waals surface area contributed by atoms with Crippen molar-refractivity contribution in [1.29, 1.82) is 0 Å². The van der Waals surface area contributed by atoms with Crippen molar-refractivity contribution in [2.45, 2.75) is 26.4 Å². The Morgan fingerprint density at radius 1 is 1.25 bits per heavy atom. The standard InChI is InChI=1S/C15H13Cl2F3N2O2/c1-7(2)3-9-6-12(14(23)24)22(21-9)13-10(16)4-8(5-11(13)17)15(18,19)20/h4-7H,3H2,1-2H3,(H,23,24). The Balaban J connectivity index is 2.63. The van der Waals surface area contributed by atoms with Gasteiger partial charge in [0.1, 0.15) is 5.69 Å². The zero-order chi connectivity index (χ0) is 18.2. The fraction of sp³-hybridized carbons (Fsp3) is 0.333. The Morgan fingerprint density at radius 2 is 1.79 bits per heavy atom. The summed E-state index contributed by atoms with van der Waals surface area (Å²) in [6.07, 6.45) is -4.11. The highest BCUT2D eigenvalue weighted by Crippen LogP contribution is 2.37. The van der Waals surface area contributed by atoms with Crippen molar-refractivity contribution >= 4 is 29.2 Å². The first-order valence-electron chi connectivity index (χ1n) is 6.89. The topological polar surface area (TPSA) is 55.1 Å². The van der Waals surface area contributed by atoms with Crippen LogP contribution in [-0.4, -0.2) is 20.9 Å². The van der Waals surface area contributed by atoms with Gasteiger partial charge < -0.3 is 5.11 Å². The second kappa shape index (κ2) is 6.64. The van der Waals surface area contributed by atoms with Gasteiger partial charge in [-0.3, -0.25) is 0 Å². The number of aromatic nitrogens is 2. The molecule has 0 aliphatic rings. The van der Waals surface area contributed by atoms with E-state index in [-0.39, 0.29) is 27.3 Å². The van der Waals surface area contributed by atoms with Gasteiger partial charge in [-0.1, -0.05) is 37.0 Å². The van der Waals surface area contributed by atoms with Gasteiger partial charge in [-0.25, -0.2) is 9.48 Å². The number of hydrogen-bond acceptors (Lipinski definition) is 2. The smallest absolute Gasteiger partial charge is 0.416 e. The van der Waals surface area contributed by atoms with Crippen LogP contribution in [0.2, 0.25) is 10.0 Å². The molecular formula is C15H13Cl2F3N2O2. The van der Waals surface area contributed by atoms with Crippen molar-refractivity contribution < 1.29 is 23.1 Å². The van der Waals surface area contributed by atoms with Crippen LogP contribution < -0.4 is 0 Å². The molecule has 0 amide bonds. The highest BCUT2D eigenvalue weighted by Gasteiger charge is 2.32. The first-order chi connectivity index (χ1) is 11.0. The molecule has 1 N–H and O–H groups in total. The quantitative estimate of drug-likeness (QED) is 0.802. The lowest BCUT2D eigenvalue weighted by molar-refractivity contribution is -0.137. The molecular weight excluding hydrogens is 368 g/mol. The van der Waals surface area contributed by atoms with Crippen molar-refractivity contribution in [3.63, 3.8) is 0 Å². The average molecular weight is 381 g/mol. The lowest BCUT2D eigenvalue weighted by Crippen LogP contribution is -2.11. The zero-order valence-electron chi connectivity index (χ0n) is 12.7. The molecule has 0 aliphatic heterocycles. The molecule has 2 aromatic rings. The fourth-order valence-corrected chi connectivity index (χ4v) is 2.85. The lowest BCUT2D eigenvalue weighted by atomic mass is 10.1. The molecule has 4 nitrogen and oxygen atoms in total. The van der Waals surface area contributed by atoms with Crippen LogP contribution in [0.3, 0.4) is 0 Å². The molecule has 1 aromatic heterocycles. The summed E-state index contributed by atoms with van der Waals surface area (Å²) in [4.78, 5) is 11.4. The SMILES string of the molecule is CC(C)Cc1cc(C(=O)O)n(-c2c(Cl)cc(C(F)(F)F)cc2Cl)n1. The van der Waals surface area contributed by atoms with Gasteiger partial charge in [0, 0.05) is 0 Å². The van der Waals surface area contributed by atoms with Gasteiger partial charge in [0.15, 0.2) is 5.69 Å². The Morgan fingerprint density at radius 3 is 2.21 bits per heavy atom. The third kappa shape index (κ3) is 3.84. The average Bonchev–Trinajstić information content (AvgIpc) is 2.79. The minimum absolute atomic E-state index is 0.0984. The molecule has 0 spiro atoms. The van der Waals surface area contributed by atoms with E-state index in [9.17, 15) is 23.1 Å². The predicted molar refractivity (Wildman–Crippen MR) is 84.1 cm³/mol. The predicted octanol–water partition coefficient (Wildman–Crippen LogP) is 5.09. The van der Waals surface area contributed by atoms with Crippen LogP contribution in [0.5, 0.6) is 0 Å². The number of carboxylic acid groups (broad SMARTS) is 1. The molecule has 0 unspecified atom stereocenters. The molecule has 0 radical (unpaired) electrons. The van der Waals surface area contributed by atoms with Gasteiger partial charge in [0.05, 0.1) is 21.3 Å². The lowest BCUT2D eigenvalue weighted by Gasteiger charge is -2.13. The Bertz CT molecular complexity index is 763. The van der Waals surface area contributed by atoms with E-state index in [0.29, 0.717) is 24.2 Å². The molecule has 0 saturated carbocycles. The van der Waals surface area contributed by atoms with E-state index in [2.05, 4.69) is 5.10 Å². The van der Waals surface area contributed by atoms with E-state index in [1.54, 1.807) is 0 Å². The van der Waals surface area contributed by atoms with E-state index in [1.165, 1.54) is 6.07 Å². The molecule has 0 bridgehead atoms. The van der Waals surface area contributed by atoms with Crippen molar-refractivity contribution in [1.82, 2.24) is 9.78 Å². The van der Waals surface area contributed by atoms with Crippen molar-refractivity contribution in [3.05, 3.63) is 45.2 Å². The molecule has 0 saturated heterocycles.